The van der Waals surface area contributed by atoms with Crippen molar-refractivity contribution in [1.82, 2.24) is 4.98 Å². The molecule has 0 unspecified atom stereocenters. The van der Waals surface area contributed by atoms with Gasteiger partial charge in [0.1, 0.15) is 0 Å². The molecule has 0 aliphatic heterocycles. The van der Waals surface area contributed by atoms with Crippen LogP contribution in [-0.2, 0) is 0 Å². The summed E-state index contributed by atoms with van der Waals surface area (Å²) in [7, 11) is 0. The fraction of sp³-hybridized carbons (Fsp3) is 0.0769. The summed E-state index contributed by atoms with van der Waals surface area (Å²) in [6, 6.07) is 12.2. The highest BCUT2D eigenvalue weighted by molar-refractivity contribution is 7.22. The number of aromatic nitrogens is 1. The predicted octanol–water partition coefficient (Wildman–Crippen LogP) is 4.19. The molecule has 0 aliphatic carbocycles. The van der Waals surface area contributed by atoms with Crippen molar-refractivity contribution in [3.63, 3.8) is 0 Å². The zero-order valence-corrected chi connectivity index (χ0v) is 11.4. The van der Waals surface area contributed by atoms with Gasteiger partial charge in [-0.1, -0.05) is 29.5 Å². The first-order valence-corrected chi connectivity index (χ1v) is 7.22. The number of hydrogen-bond donors (Lipinski definition) is 1. The summed E-state index contributed by atoms with van der Waals surface area (Å²) in [5.41, 5.74) is 5.01. The molecule has 3 rings (SSSR count). The molecule has 90 valence electrons. The molecule has 0 bridgehead atoms. The van der Waals surface area contributed by atoms with Gasteiger partial charge in [0.05, 0.1) is 15.9 Å². The molecule has 0 saturated heterocycles. The van der Waals surface area contributed by atoms with Gasteiger partial charge in [0.25, 0.3) is 0 Å². The number of thiophene rings is 1. The van der Waals surface area contributed by atoms with E-state index in [1.54, 1.807) is 22.7 Å². The Morgan fingerprint density at radius 2 is 2.11 bits per heavy atom. The van der Waals surface area contributed by atoms with E-state index < -0.39 is 0 Å². The molecular weight excluding hydrogens is 262 g/mol. The second-order valence-electron chi connectivity index (χ2n) is 3.77. The fourth-order valence-corrected chi connectivity index (χ4v) is 3.08. The first-order chi connectivity index (χ1) is 8.83. The lowest BCUT2D eigenvalue weighted by atomic mass is 10.3. The maximum Gasteiger partial charge on any atom is 0.204 e. The number of rotatable bonds is 3. The molecule has 18 heavy (non-hydrogen) atoms. The Morgan fingerprint density at radius 1 is 1.22 bits per heavy atom. The second-order valence-corrected chi connectivity index (χ2v) is 5.75. The lowest BCUT2D eigenvalue weighted by molar-refractivity contribution is 1.29. The number of nitrogens with zero attached hydrogens (tertiary/aromatic N) is 2. The minimum atomic E-state index is 0.826. The van der Waals surface area contributed by atoms with E-state index in [4.69, 9.17) is 0 Å². The van der Waals surface area contributed by atoms with E-state index in [2.05, 4.69) is 27.6 Å². The number of hydrazone groups is 1. The number of fused-ring (bicyclic) bond motifs is 1. The summed E-state index contributed by atoms with van der Waals surface area (Å²) in [6.45, 7) is 1.99. The van der Waals surface area contributed by atoms with Gasteiger partial charge in [-0.2, -0.15) is 5.10 Å². The van der Waals surface area contributed by atoms with Crippen LogP contribution in [0.25, 0.3) is 10.2 Å². The maximum atomic E-state index is 4.47. The smallest absolute Gasteiger partial charge is 0.204 e. The lowest BCUT2D eigenvalue weighted by Gasteiger charge is -1.96. The number of nitrogens with one attached hydrogen (secondary N) is 1. The molecule has 1 N–H and O–H groups in total. The molecule has 0 spiro atoms. The number of para-hydroxylation sites is 1. The quantitative estimate of drug-likeness (QED) is 0.574. The molecular formula is C13H11N3S2. The van der Waals surface area contributed by atoms with E-state index in [1.807, 2.05) is 36.6 Å². The molecule has 2 aromatic heterocycles. The zero-order chi connectivity index (χ0) is 12.4. The second kappa shape index (κ2) is 4.88. The van der Waals surface area contributed by atoms with E-state index in [1.165, 1.54) is 9.58 Å². The Labute approximate surface area is 113 Å². The molecule has 0 radical (unpaired) electrons. The lowest BCUT2D eigenvalue weighted by Crippen LogP contribution is -1.96. The monoisotopic (exact) mass is 273 g/mol. The van der Waals surface area contributed by atoms with Crippen LogP contribution in [0.1, 0.15) is 11.8 Å². The summed E-state index contributed by atoms with van der Waals surface area (Å²) in [6.07, 6.45) is 0. The van der Waals surface area contributed by atoms with Gasteiger partial charge in [0, 0.05) is 4.88 Å². The van der Waals surface area contributed by atoms with Crippen LogP contribution >= 0.6 is 22.7 Å². The Morgan fingerprint density at radius 3 is 2.89 bits per heavy atom. The standard InChI is InChI=1S/C13H11N3S2/c1-9(11-7-4-8-17-11)15-16-13-14-10-5-2-3-6-12(10)18-13/h2-8H,1H3,(H,14,16). The predicted molar refractivity (Wildman–Crippen MR) is 79.8 cm³/mol. The maximum absolute atomic E-state index is 4.47. The Hall–Kier alpha value is -1.72. The minimum Gasteiger partial charge on any atom is -0.252 e. The zero-order valence-electron chi connectivity index (χ0n) is 9.75. The SMILES string of the molecule is CC(=NNc1nc2ccccc2s1)c1cccs1. The van der Waals surface area contributed by atoms with Crippen LogP contribution in [-0.4, -0.2) is 10.7 Å². The minimum absolute atomic E-state index is 0.826. The first kappa shape index (κ1) is 11.4. The fourth-order valence-electron chi connectivity index (χ4n) is 1.59. The van der Waals surface area contributed by atoms with Gasteiger partial charge in [-0.15, -0.1) is 11.3 Å². The van der Waals surface area contributed by atoms with Crippen molar-refractivity contribution in [2.45, 2.75) is 6.92 Å². The van der Waals surface area contributed by atoms with Crippen LogP contribution in [0.2, 0.25) is 0 Å². The van der Waals surface area contributed by atoms with Gasteiger partial charge in [-0.25, -0.2) is 4.98 Å². The molecule has 0 atom stereocenters. The van der Waals surface area contributed by atoms with Crippen LogP contribution in [0.3, 0.4) is 0 Å². The third-order valence-electron chi connectivity index (χ3n) is 2.49. The van der Waals surface area contributed by atoms with Crippen molar-refractivity contribution < 1.29 is 0 Å². The molecule has 0 amide bonds. The van der Waals surface area contributed by atoms with Crippen LogP contribution in [0.4, 0.5) is 5.13 Å². The Bertz CT molecular complexity index is 650. The van der Waals surface area contributed by atoms with Crippen LogP contribution in [0.5, 0.6) is 0 Å². The van der Waals surface area contributed by atoms with Crippen molar-refractivity contribution in [3.8, 4) is 0 Å². The molecule has 1 aromatic carbocycles. The van der Waals surface area contributed by atoms with Crippen molar-refractivity contribution >= 4 is 43.7 Å². The summed E-state index contributed by atoms with van der Waals surface area (Å²) in [5.74, 6) is 0. The van der Waals surface area contributed by atoms with Gasteiger partial charge < -0.3 is 0 Å². The molecule has 2 heterocycles. The van der Waals surface area contributed by atoms with Gasteiger partial charge in [-0.05, 0) is 30.5 Å². The third kappa shape index (κ3) is 2.27. The van der Waals surface area contributed by atoms with E-state index in [-0.39, 0.29) is 0 Å². The number of anilines is 1. The van der Waals surface area contributed by atoms with Crippen molar-refractivity contribution in [1.29, 1.82) is 0 Å². The van der Waals surface area contributed by atoms with Crippen LogP contribution in [0, 0.1) is 0 Å². The largest absolute Gasteiger partial charge is 0.252 e. The van der Waals surface area contributed by atoms with Crippen molar-refractivity contribution in [2.75, 3.05) is 5.43 Å². The van der Waals surface area contributed by atoms with Gasteiger partial charge >= 0.3 is 0 Å². The first-order valence-electron chi connectivity index (χ1n) is 5.53. The van der Waals surface area contributed by atoms with E-state index >= 15 is 0 Å². The van der Waals surface area contributed by atoms with Crippen LogP contribution in [0.15, 0.2) is 46.9 Å². The van der Waals surface area contributed by atoms with E-state index in [0.29, 0.717) is 0 Å². The molecule has 3 aromatic rings. The van der Waals surface area contributed by atoms with E-state index in [0.717, 1.165) is 16.4 Å². The Kier molecular flexibility index (Phi) is 3.08. The average Bonchev–Trinajstić information content (AvgIpc) is 3.04. The molecule has 0 saturated carbocycles. The highest BCUT2D eigenvalue weighted by Gasteiger charge is 2.02. The topological polar surface area (TPSA) is 37.3 Å². The van der Waals surface area contributed by atoms with Crippen molar-refractivity contribution in [3.05, 3.63) is 46.7 Å². The molecule has 0 aliphatic rings. The molecule has 0 fully saturated rings. The normalized spacial score (nSPS) is 11.9. The van der Waals surface area contributed by atoms with Crippen LogP contribution < -0.4 is 5.43 Å². The van der Waals surface area contributed by atoms with E-state index in [9.17, 15) is 0 Å². The summed E-state index contributed by atoms with van der Waals surface area (Å²) in [4.78, 5) is 5.64. The number of hydrogen-bond acceptors (Lipinski definition) is 5. The number of benzene rings is 1. The summed E-state index contributed by atoms with van der Waals surface area (Å²) in [5, 5.41) is 7.23. The third-order valence-corrected chi connectivity index (χ3v) is 4.41. The number of thiazole rings is 1. The highest BCUT2D eigenvalue weighted by Crippen LogP contribution is 2.25. The highest BCUT2D eigenvalue weighted by atomic mass is 32.1. The van der Waals surface area contributed by atoms with Gasteiger partial charge in [0.2, 0.25) is 5.13 Å². The summed E-state index contributed by atoms with van der Waals surface area (Å²) >= 11 is 3.29. The average molecular weight is 273 g/mol. The van der Waals surface area contributed by atoms with Crippen molar-refractivity contribution in [2.24, 2.45) is 5.10 Å². The van der Waals surface area contributed by atoms with Gasteiger partial charge in [-0.3, -0.25) is 5.43 Å². The van der Waals surface area contributed by atoms with Gasteiger partial charge in [0.15, 0.2) is 0 Å². The summed E-state index contributed by atoms with van der Waals surface area (Å²) < 4.78 is 1.17. The molecule has 5 heteroatoms. The Balaban J connectivity index is 1.82. The molecule has 3 nitrogen and oxygen atoms in total.